The predicted octanol–water partition coefficient (Wildman–Crippen LogP) is 3.83. The molecule has 20 heavy (non-hydrogen) atoms. The van der Waals surface area contributed by atoms with E-state index in [4.69, 9.17) is 4.74 Å². The van der Waals surface area contributed by atoms with Crippen LogP contribution in [0, 0.1) is 0 Å². The monoisotopic (exact) mass is 276 g/mol. The largest absolute Gasteiger partial charge is 0.473 e. The number of nitrogens with one attached hydrogen (secondary N) is 1. The third-order valence-corrected chi connectivity index (χ3v) is 2.91. The van der Waals surface area contributed by atoms with Crippen LogP contribution in [-0.4, -0.2) is 17.6 Å². The maximum absolute atomic E-state index is 5.70. The lowest BCUT2D eigenvalue weighted by atomic mass is 9.91. The molecular weight excluding hydrogens is 248 g/mol. The molecule has 0 aliphatic carbocycles. The first-order valence-electron chi connectivity index (χ1n) is 7.31. The fraction of sp³-hybridized carbons (Fsp3) is 0.588. The van der Waals surface area contributed by atoms with E-state index < -0.39 is 0 Å². The van der Waals surface area contributed by atoms with Crippen molar-refractivity contribution in [2.24, 2.45) is 0 Å². The molecule has 3 nitrogen and oxygen atoms in total. The van der Waals surface area contributed by atoms with Gasteiger partial charge in [-0.2, -0.15) is 0 Å². The first-order chi connectivity index (χ1) is 9.32. The van der Waals surface area contributed by atoms with Crippen molar-refractivity contribution in [1.29, 1.82) is 0 Å². The fourth-order valence-electron chi connectivity index (χ4n) is 1.67. The normalized spacial score (nSPS) is 12.3. The van der Waals surface area contributed by atoms with Crippen molar-refractivity contribution >= 4 is 0 Å². The van der Waals surface area contributed by atoms with Gasteiger partial charge in [-0.3, -0.25) is 0 Å². The second kappa shape index (κ2) is 7.44. The smallest absolute Gasteiger partial charge is 0.214 e. The van der Waals surface area contributed by atoms with E-state index in [2.05, 4.69) is 51.0 Å². The van der Waals surface area contributed by atoms with Crippen LogP contribution in [-0.2, 0) is 12.0 Å². The Kier molecular flexibility index (Phi) is 6.21. The first-order valence-corrected chi connectivity index (χ1v) is 7.31. The second-order valence-corrected chi connectivity index (χ2v) is 6.36. The Morgan fingerprint density at radius 2 is 2.00 bits per heavy atom. The molecule has 0 fully saturated rings. The first kappa shape index (κ1) is 16.7. The zero-order valence-corrected chi connectivity index (χ0v) is 13.7. The van der Waals surface area contributed by atoms with Crippen molar-refractivity contribution in [1.82, 2.24) is 10.3 Å². The maximum Gasteiger partial charge on any atom is 0.214 e. The van der Waals surface area contributed by atoms with Crippen LogP contribution < -0.4 is 10.1 Å². The molecule has 0 radical (unpaired) electrons. The molecule has 1 rings (SSSR count). The number of nitrogens with zero attached hydrogens (tertiary/aromatic N) is 1. The van der Waals surface area contributed by atoms with Crippen molar-refractivity contribution in [2.75, 3.05) is 6.61 Å². The van der Waals surface area contributed by atoms with E-state index in [1.54, 1.807) is 0 Å². The number of aromatic nitrogens is 1. The van der Waals surface area contributed by atoms with E-state index in [1.165, 1.54) is 5.56 Å². The average molecular weight is 276 g/mol. The molecule has 0 bridgehead atoms. The highest BCUT2D eigenvalue weighted by Crippen LogP contribution is 2.24. The van der Waals surface area contributed by atoms with Crippen LogP contribution in [0.4, 0.5) is 0 Å². The maximum atomic E-state index is 5.70. The molecule has 3 heteroatoms. The Morgan fingerprint density at radius 1 is 1.30 bits per heavy atom. The molecule has 0 aliphatic rings. The van der Waals surface area contributed by atoms with Gasteiger partial charge in [0.1, 0.15) is 6.61 Å². The molecule has 112 valence electrons. The molecule has 0 saturated heterocycles. The minimum atomic E-state index is 0.0204. The Bertz CT molecular complexity index is 445. The van der Waals surface area contributed by atoms with Gasteiger partial charge in [0.15, 0.2) is 0 Å². The van der Waals surface area contributed by atoms with Gasteiger partial charge in [-0.05, 0) is 18.6 Å². The van der Waals surface area contributed by atoms with Crippen LogP contribution in [0.1, 0.15) is 52.8 Å². The highest BCUT2D eigenvalue weighted by molar-refractivity contribution is 5.28. The van der Waals surface area contributed by atoms with Gasteiger partial charge in [0.2, 0.25) is 5.88 Å². The van der Waals surface area contributed by atoms with Gasteiger partial charge in [0, 0.05) is 24.1 Å². The lowest BCUT2D eigenvalue weighted by Crippen LogP contribution is -2.23. The number of pyridine rings is 1. The third kappa shape index (κ3) is 5.74. The summed E-state index contributed by atoms with van der Waals surface area (Å²) in [4.78, 5) is 4.62. The van der Waals surface area contributed by atoms with Crippen LogP contribution in [0.2, 0.25) is 0 Å². The molecule has 1 aromatic heterocycles. The summed E-state index contributed by atoms with van der Waals surface area (Å²) in [5.74, 6) is 0.705. The SMILES string of the molecule is C/C=C/COc1cc(CNC(C)C)cc(C(C)(C)C)n1. The summed E-state index contributed by atoms with van der Waals surface area (Å²) in [6.45, 7) is 14.2. The van der Waals surface area contributed by atoms with E-state index in [9.17, 15) is 0 Å². The quantitative estimate of drug-likeness (QED) is 0.802. The van der Waals surface area contributed by atoms with Crippen LogP contribution in [0.5, 0.6) is 5.88 Å². The molecule has 0 amide bonds. The summed E-state index contributed by atoms with van der Waals surface area (Å²) in [6, 6.07) is 4.65. The van der Waals surface area contributed by atoms with Gasteiger partial charge < -0.3 is 10.1 Å². The second-order valence-electron chi connectivity index (χ2n) is 6.36. The van der Waals surface area contributed by atoms with Gasteiger partial charge >= 0.3 is 0 Å². The fourth-order valence-corrected chi connectivity index (χ4v) is 1.67. The van der Waals surface area contributed by atoms with Crippen LogP contribution >= 0.6 is 0 Å². The lowest BCUT2D eigenvalue weighted by Gasteiger charge is -2.20. The summed E-state index contributed by atoms with van der Waals surface area (Å²) in [7, 11) is 0. The van der Waals surface area contributed by atoms with Gasteiger partial charge in [0.25, 0.3) is 0 Å². The number of hydrogen-bond donors (Lipinski definition) is 1. The van der Waals surface area contributed by atoms with Crippen molar-refractivity contribution in [3.63, 3.8) is 0 Å². The van der Waals surface area contributed by atoms with Crippen LogP contribution in [0.3, 0.4) is 0 Å². The summed E-state index contributed by atoms with van der Waals surface area (Å²) < 4.78 is 5.70. The van der Waals surface area contributed by atoms with E-state index in [0.29, 0.717) is 18.5 Å². The molecule has 1 heterocycles. The molecule has 0 aromatic carbocycles. The van der Waals surface area contributed by atoms with E-state index in [0.717, 1.165) is 12.2 Å². The van der Waals surface area contributed by atoms with Gasteiger partial charge in [-0.15, -0.1) is 0 Å². The minimum absolute atomic E-state index is 0.0204. The lowest BCUT2D eigenvalue weighted by molar-refractivity contribution is 0.343. The third-order valence-electron chi connectivity index (χ3n) is 2.91. The predicted molar refractivity (Wildman–Crippen MR) is 85.2 cm³/mol. The molecule has 0 spiro atoms. The zero-order chi connectivity index (χ0) is 15.2. The Hall–Kier alpha value is -1.35. The van der Waals surface area contributed by atoms with E-state index >= 15 is 0 Å². The van der Waals surface area contributed by atoms with Crippen LogP contribution in [0.25, 0.3) is 0 Å². The summed E-state index contributed by atoms with van der Waals surface area (Å²) >= 11 is 0. The molecule has 0 unspecified atom stereocenters. The number of allylic oxidation sites excluding steroid dienone is 1. The highest BCUT2D eigenvalue weighted by Gasteiger charge is 2.17. The van der Waals surface area contributed by atoms with E-state index in [1.807, 2.05) is 25.1 Å². The molecule has 0 aliphatic heterocycles. The van der Waals surface area contributed by atoms with Crippen molar-refractivity contribution in [3.05, 3.63) is 35.5 Å². The molecule has 0 saturated carbocycles. The molecule has 1 aromatic rings. The van der Waals surface area contributed by atoms with Crippen molar-refractivity contribution < 1.29 is 4.74 Å². The summed E-state index contributed by atoms with van der Waals surface area (Å²) in [5, 5.41) is 3.44. The topological polar surface area (TPSA) is 34.1 Å². The average Bonchev–Trinajstić information content (AvgIpc) is 2.35. The Balaban J connectivity index is 2.95. The van der Waals surface area contributed by atoms with Crippen molar-refractivity contribution in [2.45, 2.75) is 59.5 Å². The van der Waals surface area contributed by atoms with Crippen molar-refractivity contribution in [3.8, 4) is 5.88 Å². The number of ether oxygens (including phenoxy) is 1. The molecular formula is C17H28N2O. The summed E-state index contributed by atoms with van der Waals surface area (Å²) in [5.41, 5.74) is 2.30. The minimum Gasteiger partial charge on any atom is -0.473 e. The number of rotatable bonds is 6. The Labute approximate surface area is 123 Å². The van der Waals surface area contributed by atoms with Gasteiger partial charge in [-0.25, -0.2) is 4.98 Å². The summed E-state index contributed by atoms with van der Waals surface area (Å²) in [6.07, 6.45) is 3.96. The molecule has 0 atom stereocenters. The Morgan fingerprint density at radius 3 is 2.55 bits per heavy atom. The standard InChI is InChI=1S/C17H28N2O/c1-7-8-9-20-16-11-14(12-18-13(2)3)10-15(19-16)17(4,5)6/h7-8,10-11,13,18H,9,12H2,1-6H3/b8-7+. The highest BCUT2D eigenvalue weighted by atomic mass is 16.5. The van der Waals surface area contributed by atoms with Gasteiger partial charge in [0.05, 0.1) is 5.69 Å². The zero-order valence-electron chi connectivity index (χ0n) is 13.7. The van der Waals surface area contributed by atoms with Gasteiger partial charge in [-0.1, -0.05) is 46.8 Å². The molecule has 1 N–H and O–H groups in total. The van der Waals surface area contributed by atoms with Crippen LogP contribution in [0.15, 0.2) is 24.3 Å². The number of hydrogen-bond acceptors (Lipinski definition) is 3. The van der Waals surface area contributed by atoms with E-state index in [-0.39, 0.29) is 5.41 Å².